The van der Waals surface area contributed by atoms with Crippen molar-refractivity contribution in [3.05, 3.63) is 29.8 Å². The maximum atomic E-state index is 11.3. The van der Waals surface area contributed by atoms with Crippen LogP contribution in [0.15, 0.2) is 29.2 Å². The Morgan fingerprint density at radius 1 is 1.50 bits per heavy atom. The number of ether oxygens (including phenoxy) is 1. The van der Waals surface area contributed by atoms with Crippen LogP contribution in [0.4, 0.5) is 0 Å². The number of esters is 1. The van der Waals surface area contributed by atoms with Gasteiger partial charge in [0.2, 0.25) is 0 Å². The molecule has 98 valence electrons. The predicted molar refractivity (Wildman–Crippen MR) is 73.9 cm³/mol. The first-order valence-corrected chi connectivity index (χ1v) is 7.14. The van der Waals surface area contributed by atoms with Gasteiger partial charge in [0.25, 0.3) is 0 Å². The number of fused-ring (bicyclic) bond motifs is 1. The zero-order valence-corrected chi connectivity index (χ0v) is 11.7. The number of thioether (sulfide) groups is 1. The molecule has 1 aromatic rings. The van der Waals surface area contributed by atoms with E-state index in [1.54, 1.807) is 0 Å². The van der Waals surface area contributed by atoms with Gasteiger partial charge in [0, 0.05) is 16.7 Å². The van der Waals surface area contributed by atoms with Gasteiger partial charge in [-0.1, -0.05) is 25.1 Å². The van der Waals surface area contributed by atoms with Crippen molar-refractivity contribution in [2.24, 2.45) is 0 Å². The van der Waals surface area contributed by atoms with Gasteiger partial charge in [0.1, 0.15) is 0 Å². The van der Waals surface area contributed by atoms with Crippen molar-refractivity contribution in [3.63, 3.8) is 0 Å². The molecule has 2 rings (SSSR count). The fourth-order valence-electron chi connectivity index (χ4n) is 2.20. The lowest BCUT2D eigenvalue weighted by atomic mass is 10.1. The van der Waals surface area contributed by atoms with Crippen molar-refractivity contribution in [1.29, 1.82) is 0 Å². The Bertz CT molecular complexity index is 397. The first-order chi connectivity index (χ1) is 8.72. The van der Waals surface area contributed by atoms with Gasteiger partial charge in [-0.2, -0.15) is 0 Å². The summed E-state index contributed by atoms with van der Waals surface area (Å²) in [6, 6.07) is 8.55. The number of benzene rings is 1. The van der Waals surface area contributed by atoms with E-state index in [1.165, 1.54) is 17.6 Å². The van der Waals surface area contributed by atoms with Gasteiger partial charge in [0.15, 0.2) is 0 Å². The highest BCUT2D eigenvalue weighted by atomic mass is 32.2. The van der Waals surface area contributed by atoms with E-state index < -0.39 is 0 Å². The molecule has 1 aromatic carbocycles. The highest BCUT2D eigenvalue weighted by molar-refractivity contribution is 8.00. The second kappa shape index (κ2) is 6.25. The number of rotatable bonds is 5. The summed E-state index contributed by atoms with van der Waals surface area (Å²) in [4.78, 5) is 14.8. The number of hydrogen-bond donors (Lipinski definition) is 0. The molecule has 18 heavy (non-hydrogen) atoms. The molecule has 1 atom stereocenters. The molecule has 3 nitrogen and oxygen atoms in total. The molecule has 0 aliphatic carbocycles. The van der Waals surface area contributed by atoms with Crippen LogP contribution in [0.25, 0.3) is 0 Å². The first-order valence-electron chi connectivity index (χ1n) is 6.26. The molecule has 1 heterocycles. The smallest absolute Gasteiger partial charge is 0.319 e. The van der Waals surface area contributed by atoms with Gasteiger partial charge in [-0.05, 0) is 24.6 Å². The molecule has 0 amide bonds. The van der Waals surface area contributed by atoms with Crippen LogP contribution in [0, 0.1) is 0 Å². The van der Waals surface area contributed by atoms with Crippen LogP contribution in [0.5, 0.6) is 0 Å². The molecular weight excluding hydrogens is 246 g/mol. The van der Waals surface area contributed by atoms with Crippen LogP contribution in [-0.2, 0) is 16.0 Å². The highest BCUT2D eigenvalue weighted by Gasteiger charge is 2.24. The van der Waals surface area contributed by atoms with Gasteiger partial charge in [-0.25, -0.2) is 0 Å². The van der Waals surface area contributed by atoms with E-state index >= 15 is 0 Å². The average Bonchev–Trinajstić information content (AvgIpc) is 2.79. The van der Waals surface area contributed by atoms with Crippen molar-refractivity contribution in [3.8, 4) is 0 Å². The van der Waals surface area contributed by atoms with Crippen LogP contribution >= 0.6 is 11.8 Å². The van der Waals surface area contributed by atoms with Gasteiger partial charge < -0.3 is 4.74 Å². The van der Waals surface area contributed by atoms with E-state index in [2.05, 4.69) is 36.1 Å². The summed E-state index contributed by atoms with van der Waals surface area (Å²) in [7, 11) is 1.44. The molecule has 1 unspecified atom stereocenters. The molecule has 4 heteroatoms. The third kappa shape index (κ3) is 3.27. The van der Waals surface area contributed by atoms with E-state index in [4.69, 9.17) is 4.74 Å². The minimum absolute atomic E-state index is 0.155. The minimum Gasteiger partial charge on any atom is -0.468 e. The summed E-state index contributed by atoms with van der Waals surface area (Å²) in [6.07, 6.45) is 1.10. The van der Waals surface area contributed by atoms with Crippen molar-refractivity contribution < 1.29 is 9.53 Å². The van der Waals surface area contributed by atoms with Crippen molar-refractivity contribution in [1.82, 2.24) is 4.90 Å². The van der Waals surface area contributed by atoms with Gasteiger partial charge >= 0.3 is 5.97 Å². The summed E-state index contributed by atoms with van der Waals surface area (Å²) in [5, 5.41) is 0.548. The molecular formula is C14H19NO2S. The van der Waals surface area contributed by atoms with E-state index in [9.17, 15) is 4.79 Å². The summed E-state index contributed by atoms with van der Waals surface area (Å²) in [5.41, 5.74) is 1.43. The molecule has 0 bridgehead atoms. The molecule has 0 spiro atoms. The third-order valence-corrected chi connectivity index (χ3v) is 4.50. The molecule has 0 saturated carbocycles. The molecule has 0 N–H and O–H groups in total. The normalized spacial score (nSPS) is 17.8. The van der Waals surface area contributed by atoms with Crippen molar-refractivity contribution >= 4 is 17.7 Å². The second-order valence-corrected chi connectivity index (χ2v) is 5.80. The van der Waals surface area contributed by atoms with Crippen LogP contribution in [0.1, 0.15) is 12.5 Å². The average molecular weight is 265 g/mol. The number of methoxy groups -OCH3 is 1. The maximum absolute atomic E-state index is 11.3. The van der Waals surface area contributed by atoms with Gasteiger partial charge in [-0.15, -0.1) is 11.8 Å². The summed E-state index contributed by atoms with van der Waals surface area (Å²) in [6.45, 7) is 4.28. The lowest BCUT2D eigenvalue weighted by Gasteiger charge is -2.22. The van der Waals surface area contributed by atoms with Gasteiger partial charge in [0.05, 0.1) is 13.7 Å². The monoisotopic (exact) mass is 265 g/mol. The largest absolute Gasteiger partial charge is 0.468 e. The number of nitrogens with zero attached hydrogens (tertiary/aromatic N) is 1. The van der Waals surface area contributed by atoms with E-state index in [0.29, 0.717) is 11.8 Å². The van der Waals surface area contributed by atoms with Crippen molar-refractivity contribution in [2.45, 2.75) is 23.5 Å². The summed E-state index contributed by atoms with van der Waals surface area (Å²) >= 11 is 1.92. The number of hydrogen-bond acceptors (Lipinski definition) is 4. The number of likely N-dealkylation sites (N-methyl/N-ethyl adjacent to an activating group) is 1. The molecule has 0 radical (unpaired) electrons. The maximum Gasteiger partial charge on any atom is 0.319 e. The Morgan fingerprint density at radius 2 is 2.28 bits per heavy atom. The third-order valence-electron chi connectivity index (χ3n) is 3.20. The standard InChI is InChI=1S/C14H19NO2S/c1-3-15(10-14(16)17-2)9-12-8-11-6-4-5-7-13(11)18-12/h4-7,12H,3,8-10H2,1-2H3. The van der Waals surface area contributed by atoms with E-state index in [-0.39, 0.29) is 5.97 Å². The molecule has 1 aliphatic heterocycles. The topological polar surface area (TPSA) is 29.5 Å². The predicted octanol–water partition coefficient (Wildman–Crippen LogP) is 2.20. The van der Waals surface area contributed by atoms with Gasteiger partial charge in [-0.3, -0.25) is 9.69 Å². The minimum atomic E-state index is -0.155. The second-order valence-electron chi connectivity index (χ2n) is 4.46. The fourth-order valence-corrected chi connectivity index (χ4v) is 3.56. The first kappa shape index (κ1) is 13.4. The fraction of sp³-hybridized carbons (Fsp3) is 0.500. The van der Waals surface area contributed by atoms with Crippen LogP contribution in [0.3, 0.4) is 0 Å². The lowest BCUT2D eigenvalue weighted by molar-refractivity contribution is -0.141. The van der Waals surface area contributed by atoms with E-state index in [1.807, 2.05) is 11.8 Å². The van der Waals surface area contributed by atoms with Crippen LogP contribution in [-0.4, -0.2) is 42.9 Å². The van der Waals surface area contributed by atoms with Crippen LogP contribution in [0.2, 0.25) is 0 Å². The molecule has 0 aromatic heterocycles. The summed E-state index contributed by atoms with van der Waals surface area (Å²) in [5.74, 6) is -0.155. The van der Waals surface area contributed by atoms with Crippen LogP contribution < -0.4 is 0 Å². The highest BCUT2D eigenvalue weighted by Crippen LogP contribution is 2.36. The number of carbonyl (C=O) groups is 1. The Hall–Kier alpha value is -1.00. The number of carbonyl (C=O) groups excluding carboxylic acids is 1. The van der Waals surface area contributed by atoms with E-state index in [0.717, 1.165) is 19.5 Å². The molecule has 1 aliphatic rings. The SMILES string of the molecule is CCN(CC(=O)OC)CC1Cc2ccccc2S1. The zero-order chi connectivity index (χ0) is 13.0. The molecule has 0 fully saturated rings. The lowest BCUT2D eigenvalue weighted by Crippen LogP contribution is -2.35. The Labute approximate surface area is 113 Å². The summed E-state index contributed by atoms with van der Waals surface area (Å²) < 4.78 is 4.72. The Kier molecular flexibility index (Phi) is 4.66. The molecule has 0 saturated heterocycles. The quantitative estimate of drug-likeness (QED) is 0.763. The Morgan fingerprint density at radius 3 is 2.94 bits per heavy atom. The Balaban J connectivity index is 1.89. The van der Waals surface area contributed by atoms with Crippen molar-refractivity contribution in [2.75, 3.05) is 26.7 Å². The zero-order valence-electron chi connectivity index (χ0n) is 10.9.